The van der Waals surface area contributed by atoms with Gasteiger partial charge in [0.15, 0.2) is 0 Å². The van der Waals surface area contributed by atoms with Crippen molar-refractivity contribution in [2.75, 3.05) is 6.54 Å². The zero-order valence-corrected chi connectivity index (χ0v) is 14.3. The van der Waals surface area contributed by atoms with Crippen LogP contribution in [0.3, 0.4) is 0 Å². The quantitative estimate of drug-likeness (QED) is 0.684. The van der Waals surface area contributed by atoms with Gasteiger partial charge in [-0.15, -0.1) is 11.3 Å². The van der Waals surface area contributed by atoms with Crippen LogP contribution in [-0.4, -0.2) is 17.4 Å². The third-order valence-corrected chi connectivity index (χ3v) is 5.78. The number of fused-ring (bicyclic) bond motifs is 1. The fraction of sp³-hybridized carbons (Fsp3) is 0.312. The van der Waals surface area contributed by atoms with Gasteiger partial charge in [0, 0.05) is 15.0 Å². The van der Waals surface area contributed by atoms with Crippen molar-refractivity contribution in [2.45, 2.75) is 25.8 Å². The highest BCUT2D eigenvalue weighted by atomic mass is 127. The second kappa shape index (κ2) is 5.85. The van der Waals surface area contributed by atoms with Crippen LogP contribution < -0.4 is 0 Å². The molecule has 2 nitrogen and oxygen atoms in total. The summed E-state index contributed by atoms with van der Waals surface area (Å²) >= 11 is 4.06. The van der Waals surface area contributed by atoms with E-state index in [2.05, 4.69) is 41.0 Å². The van der Waals surface area contributed by atoms with Crippen molar-refractivity contribution in [3.63, 3.8) is 0 Å². The maximum Gasteiger partial charge on any atom is 0.255 e. The second-order valence-corrected chi connectivity index (χ2v) is 7.11. The first-order valence-electron chi connectivity index (χ1n) is 6.84. The minimum absolute atomic E-state index is 0.165. The smallest absolute Gasteiger partial charge is 0.255 e. The van der Waals surface area contributed by atoms with Crippen molar-refractivity contribution in [1.82, 2.24) is 4.90 Å². The summed E-state index contributed by atoms with van der Waals surface area (Å²) in [5.74, 6) is 0.165. The van der Waals surface area contributed by atoms with Gasteiger partial charge in [-0.3, -0.25) is 4.79 Å². The summed E-state index contributed by atoms with van der Waals surface area (Å²) in [6.07, 6.45) is 1.96. The van der Waals surface area contributed by atoms with Crippen LogP contribution in [0, 0.1) is 3.57 Å². The van der Waals surface area contributed by atoms with Crippen LogP contribution in [0.4, 0.5) is 0 Å². The molecule has 1 aromatic carbocycles. The zero-order valence-electron chi connectivity index (χ0n) is 11.3. The maximum absolute atomic E-state index is 12.8. The van der Waals surface area contributed by atoms with Crippen LogP contribution in [-0.2, 0) is 6.42 Å². The normalized spacial score (nSPS) is 17.9. The summed E-state index contributed by atoms with van der Waals surface area (Å²) in [4.78, 5) is 16.3. The third-order valence-electron chi connectivity index (χ3n) is 3.85. The number of nitrogens with zero attached hydrogens (tertiary/aromatic N) is 1. The van der Waals surface area contributed by atoms with Crippen LogP contribution in [0.1, 0.15) is 40.2 Å². The molecule has 1 aliphatic rings. The number of amides is 1. The molecule has 2 aromatic rings. The van der Waals surface area contributed by atoms with E-state index in [4.69, 9.17) is 0 Å². The highest BCUT2D eigenvalue weighted by Gasteiger charge is 2.31. The Bertz CT molecular complexity index is 637. The molecule has 1 unspecified atom stereocenters. The van der Waals surface area contributed by atoms with E-state index in [1.165, 1.54) is 10.4 Å². The maximum atomic E-state index is 12.8. The first kappa shape index (κ1) is 14.1. The van der Waals surface area contributed by atoms with Gasteiger partial charge in [0.25, 0.3) is 5.91 Å². The molecule has 3 rings (SSSR count). The molecule has 0 aliphatic carbocycles. The number of benzene rings is 1. The molecule has 1 aromatic heterocycles. The predicted octanol–water partition coefficient (Wildman–Crippen LogP) is 4.50. The Morgan fingerprint density at radius 1 is 1.40 bits per heavy atom. The molecule has 1 amide bonds. The van der Waals surface area contributed by atoms with Crippen molar-refractivity contribution in [1.29, 1.82) is 0 Å². The third kappa shape index (κ3) is 2.39. The summed E-state index contributed by atoms with van der Waals surface area (Å²) in [6, 6.07) is 10.3. The van der Waals surface area contributed by atoms with Gasteiger partial charge in [0.1, 0.15) is 0 Å². The molecular weight excluding hydrogens is 381 g/mol. The monoisotopic (exact) mass is 397 g/mol. The molecule has 0 fully saturated rings. The summed E-state index contributed by atoms with van der Waals surface area (Å²) in [6.45, 7) is 2.99. The average Bonchev–Trinajstić information content (AvgIpc) is 2.94. The number of rotatable bonds is 2. The van der Waals surface area contributed by atoms with Crippen LogP contribution in [0.25, 0.3) is 0 Å². The zero-order chi connectivity index (χ0) is 14.1. The Kier molecular flexibility index (Phi) is 4.12. The van der Waals surface area contributed by atoms with Crippen LogP contribution in [0.5, 0.6) is 0 Å². The van der Waals surface area contributed by atoms with Gasteiger partial charge < -0.3 is 4.90 Å². The van der Waals surface area contributed by atoms with Gasteiger partial charge in [-0.1, -0.05) is 19.1 Å². The van der Waals surface area contributed by atoms with Crippen molar-refractivity contribution in [3.05, 3.63) is 55.3 Å². The molecule has 0 radical (unpaired) electrons. The number of carbonyl (C=O) groups excluding carboxylic acids is 1. The summed E-state index contributed by atoms with van der Waals surface area (Å²) in [5, 5.41) is 2.15. The van der Waals surface area contributed by atoms with Crippen molar-refractivity contribution >= 4 is 39.8 Å². The van der Waals surface area contributed by atoms with Crippen LogP contribution >= 0.6 is 33.9 Å². The van der Waals surface area contributed by atoms with Crippen molar-refractivity contribution < 1.29 is 4.79 Å². The number of hydrogen-bond donors (Lipinski definition) is 0. The molecule has 0 saturated carbocycles. The van der Waals surface area contributed by atoms with Gasteiger partial charge in [-0.2, -0.15) is 0 Å². The largest absolute Gasteiger partial charge is 0.331 e. The van der Waals surface area contributed by atoms with E-state index >= 15 is 0 Å². The SMILES string of the molecule is CCC1c2ccsc2CCN1C(=O)c1ccccc1I. The van der Waals surface area contributed by atoms with Crippen molar-refractivity contribution in [2.24, 2.45) is 0 Å². The number of thiophene rings is 1. The Hall–Kier alpha value is -0.880. The molecule has 20 heavy (non-hydrogen) atoms. The van der Waals surface area contributed by atoms with E-state index < -0.39 is 0 Å². The standard InChI is InChI=1S/C16H16INOS/c1-2-14-12-8-10-20-15(12)7-9-18(14)16(19)11-5-3-4-6-13(11)17/h3-6,8,10,14H,2,7,9H2,1H3. The van der Waals surface area contributed by atoms with Gasteiger partial charge in [-0.25, -0.2) is 0 Å². The van der Waals surface area contributed by atoms with E-state index in [9.17, 15) is 4.79 Å². The molecule has 104 valence electrons. The van der Waals surface area contributed by atoms with Gasteiger partial charge in [-0.05, 0) is 64.6 Å². The second-order valence-electron chi connectivity index (χ2n) is 4.95. The minimum atomic E-state index is 0.165. The lowest BCUT2D eigenvalue weighted by Crippen LogP contribution is -2.39. The molecule has 0 bridgehead atoms. The van der Waals surface area contributed by atoms with E-state index in [1.807, 2.05) is 40.5 Å². The Morgan fingerprint density at radius 3 is 2.95 bits per heavy atom. The lowest BCUT2D eigenvalue weighted by atomic mass is 9.97. The molecule has 0 spiro atoms. The van der Waals surface area contributed by atoms with Gasteiger partial charge >= 0.3 is 0 Å². The van der Waals surface area contributed by atoms with Crippen LogP contribution in [0.15, 0.2) is 35.7 Å². The molecule has 0 N–H and O–H groups in total. The molecule has 1 aliphatic heterocycles. The first-order chi connectivity index (χ1) is 9.72. The van der Waals surface area contributed by atoms with E-state index in [1.54, 1.807) is 0 Å². The fourth-order valence-corrected chi connectivity index (χ4v) is 4.42. The highest BCUT2D eigenvalue weighted by molar-refractivity contribution is 14.1. The lowest BCUT2D eigenvalue weighted by Gasteiger charge is -2.35. The van der Waals surface area contributed by atoms with E-state index in [0.717, 1.165) is 28.5 Å². The van der Waals surface area contributed by atoms with E-state index in [-0.39, 0.29) is 11.9 Å². The van der Waals surface area contributed by atoms with Crippen LogP contribution in [0.2, 0.25) is 0 Å². The van der Waals surface area contributed by atoms with Gasteiger partial charge in [0.05, 0.1) is 11.6 Å². The summed E-state index contributed by atoms with van der Waals surface area (Å²) in [5.41, 5.74) is 2.17. The Balaban J connectivity index is 1.95. The predicted molar refractivity (Wildman–Crippen MR) is 91.3 cm³/mol. The molecule has 4 heteroatoms. The molecular formula is C16H16INOS. The van der Waals surface area contributed by atoms with Gasteiger partial charge in [0.2, 0.25) is 0 Å². The Labute approximate surface area is 136 Å². The molecule has 0 saturated heterocycles. The Morgan fingerprint density at radius 2 is 2.20 bits per heavy atom. The number of halogens is 1. The lowest BCUT2D eigenvalue weighted by molar-refractivity contribution is 0.0656. The molecule has 2 heterocycles. The first-order valence-corrected chi connectivity index (χ1v) is 8.80. The fourth-order valence-electron chi connectivity index (χ4n) is 2.87. The number of carbonyl (C=O) groups is 1. The average molecular weight is 397 g/mol. The topological polar surface area (TPSA) is 20.3 Å². The minimum Gasteiger partial charge on any atom is -0.331 e. The molecule has 1 atom stereocenters. The number of hydrogen-bond acceptors (Lipinski definition) is 2. The van der Waals surface area contributed by atoms with Crippen molar-refractivity contribution in [3.8, 4) is 0 Å². The summed E-state index contributed by atoms with van der Waals surface area (Å²) < 4.78 is 1.03. The highest BCUT2D eigenvalue weighted by Crippen LogP contribution is 2.36. The van der Waals surface area contributed by atoms with E-state index in [0.29, 0.717) is 0 Å². The summed E-state index contributed by atoms with van der Waals surface area (Å²) in [7, 11) is 0.